The molecule has 0 radical (unpaired) electrons. The van der Waals surface area contributed by atoms with Gasteiger partial charge in [0.2, 0.25) is 0 Å². The predicted molar refractivity (Wildman–Crippen MR) is 60.2 cm³/mol. The number of halogens is 1. The van der Waals surface area contributed by atoms with Gasteiger partial charge in [0, 0.05) is 16.2 Å². The van der Waals surface area contributed by atoms with Gasteiger partial charge < -0.3 is 5.11 Å². The average Bonchev–Trinajstić information content (AvgIpc) is 2.30. The van der Waals surface area contributed by atoms with Crippen LogP contribution >= 0.6 is 15.9 Å². The summed E-state index contributed by atoms with van der Waals surface area (Å²) in [6.45, 7) is 0. The highest BCUT2D eigenvalue weighted by Gasteiger charge is 2.14. The zero-order valence-electron chi connectivity index (χ0n) is 7.84. The molecular weight excluding hydrogens is 256 g/mol. The summed E-state index contributed by atoms with van der Waals surface area (Å²) in [4.78, 5) is 0. The zero-order chi connectivity index (χ0) is 10.7. The molecule has 0 aliphatic carbocycles. The highest BCUT2D eigenvalue weighted by molar-refractivity contribution is 9.10. The lowest BCUT2D eigenvalue weighted by molar-refractivity contribution is 0.213. The fourth-order valence-corrected chi connectivity index (χ4v) is 1.82. The SMILES string of the molecule is OC(c1cccnn1)c1ccccc1Br. The summed E-state index contributed by atoms with van der Waals surface area (Å²) in [7, 11) is 0. The Hall–Kier alpha value is -1.26. The van der Waals surface area contributed by atoms with Gasteiger partial charge in [-0.3, -0.25) is 0 Å². The molecule has 0 saturated carbocycles. The average molecular weight is 265 g/mol. The van der Waals surface area contributed by atoms with Crippen LogP contribution in [-0.2, 0) is 0 Å². The molecule has 1 aromatic carbocycles. The van der Waals surface area contributed by atoms with Crippen LogP contribution in [0.5, 0.6) is 0 Å². The first-order valence-corrected chi connectivity index (χ1v) is 5.28. The van der Waals surface area contributed by atoms with Gasteiger partial charge in [-0.05, 0) is 18.2 Å². The van der Waals surface area contributed by atoms with E-state index in [-0.39, 0.29) is 0 Å². The lowest BCUT2D eigenvalue weighted by Gasteiger charge is -2.10. The molecule has 1 unspecified atom stereocenters. The maximum Gasteiger partial charge on any atom is 0.124 e. The summed E-state index contributed by atoms with van der Waals surface area (Å²) >= 11 is 3.39. The Labute approximate surface area is 95.9 Å². The Morgan fingerprint density at radius 3 is 2.60 bits per heavy atom. The van der Waals surface area contributed by atoms with E-state index in [0.717, 1.165) is 10.0 Å². The van der Waals surface area contributed by atoms with Crippen molar-refractivity contribution in [3.63, 3.8) is 0 Å². The molecule has 76 valence electrons. The van der Waals surface area contributed by atoms with Gasteiger partial charge >= 0.3 is 0 Å². The van der Waals surface area contributed by atoms with E-state index in [1.807, 2.05) is 24.3 Å². The summed E-state index contributed by atoms with van der Waals surface area (Å²) in [5.74, 6) is 0. The van der Waals surface area contributed by atoms with Gasteiger partial charge in [-0.25, -0.2) is 0 Å². The number of benzene rings is 1. The minimum atomic E-state index is -0.741. The van der Waals surface area contributed by atoms with Crippen molar-refractivity contribution in [2.45, 2.75) is 6.10 Å². The van der Waals surface area contributed by atoms with E-state index in [2.05, 4.69) is 26.1 Å². The molecule has 0 amide bonds. The van der Waals surface area contributed by atoms with Gasteiger partial charge in [0.15, 0.2) is 0 Å². The fourth-order valence-electron chi connectivity index (χ4n) is 1.32. The Balaban J connectivity index is 2.37. The third-order valence-electron chi connectivity index (χ3n) is 2.07. The molecule has 0 fully saturated rings. The zero-order valence-corrected chi connectivity index (χ0v) is 9.42. The number of hydrogen-bond donors (Lipinski definition) is 1. The Kier molecular flexibility index (Phi) is 3.08. The monoisotopic (exact) mass is 264 g/mol. The largest absolute Gasteiger partial charge is 0.382 e. The number of aliphatic hydroxyl groups excluding tert-OH is 1. The fraction of sp³-hybridized carbons (Fsp3) is 0.0909. The Morgan fingerprint density at radius 2 is 1.93 bits per heavy atom. The van der Waals surface area contributed by atoms with E-state index >= 15 is 0 Å². The summed E-state index contributed by atoms with van der Waals surface area (Å²) in [5.41, 5.74) is 1.34. The van der Waals surface area contributed by atoms with Crippen LogP contribution in [0.4, 0.5) is 0 Å². The smallest absolute Gasteiger partial charge is 0.124 e. The summed E-state index contributed by atoms with van der Waals surface area (Å²) in [6, 6.07) is 11.0. The Morgan fingerprint density at radius 1 is 1.13 bits per heavy atom. The van der Waals surface area contributed by atoms with Crippen LogP contribution in [0.25, 0.3) is 0 Å². The van der Waals surface area contributed by atoms with Crippen LogP contribution < -0.4 is 0 Å². The minimum Gasteiger partial charge on any atom is -0.382 e. The Bertz CT molecular complexity index is 447. The number of rotatable bonds is 2. The number of aromatic nitrogens is 2. The third kappa shape index (κ3) is 2.22. The maximum absolute atomic E-state index is 10.0. The second-order valence-corrected chi connectivity index (χ2v) is 3.93. The quantitative estimate of drug-likeness (QED) is 0.906. The molecule has 0 saturated heterocycles. The van der Waals surface area contributed by atoms with Crippen molar-refractivity contribution in [1.29, 1.82) is 0 Å². The van der Waals surface area contributed by atoms with Crippen molar-refractivity contribution in [2.75, 3.05) is 0 Å². The van der Waals surface area contributed by atoms with Gasteiger partial charge in [-0.15, -0.1) is 0 Å². The second kappa shape index (κ2) is 4.51. The molecule has 2 rings (SSSR count). The van der Waals surface area contributed by atoms with E-state index in [0.29, 0.717) is 5.69 Å². The van der Waals surface area contributed by atoms with Crippen LogP contribution in [0.3, 0.4) is 0 Å². The molecule has 0 aliphatic rings. The molecule has 0 aliphatic heterocycles. The van der Waals surface area contributed by atoms with E-state index in [9.17, 15) is 5.11 Å². The molecule has 1 heterocycles. The van der Waals surface area contributed by atoms with Crippen molar-refractivity contribution in [3.05, 3.63) is 58.3 Å². The first-order valence-electron chi connectivity index (χ1n) is 4.49. The summed E-state index contributed by atoms with van der Waals surface area (Å²) < 4.78 is 0.864. The molecule has 15 heavy (non-hydrogen) atoms. The van der Waals surface area contributed by atoms with Crippen LogP contribution in [0, 0.1) is 0 Å². The first-order chi connectivity index (χ1) is 7.29. The summed E-state index contributed by atoms with van der Waals surface area (Å²) in [6.07, 6.45) is 0.838. The molecule has 1 aromatic heterocycles. The number of aliphatic hydroxyl groups is 1. The van der Waals surface area contributed by atoms with Gasteiger partial charge in [-0.2, -0.15) is 10.2 Å². The van der Waals surface area contributed by atoms with E-state index in [1.54, 1.807) is 18.3 Å². The van der Waals surface area contributed by atoms with Crippen LogP contribution in [0.2, 0.25) is 0 Å². The molecule has 4 heteroatoms. The van der Waals surface area contributed by atoms with Gasteiger partial charge in [0.1, 0.15) is 6.10 Å². The molecule has 0 bridgehead atoms. The molecular formula is C11H9BrN2O. The lowest BCUT2D eigenvalue weighted by atomic mass is 10.1. The van der Waals surface area contributed by atoms with E-state index in [1.165, 1.54) is 0 Å². The van der Waals surface area contributed by atoms with Gasteiger partial charge in [0.25, 0.3) is 0 Å². The lowest BCUT2D eigenvalue weighted by Crippen LogP contribution is -2.03. The number of nitrogens with zero attached hydrogens (tertiary/aromatic N) is 2. The molecule has 1 atom stereocenters. The molecule has 0 spiro atoms. The predicted octanol–water partition coefficient (Wildman–Crippen LogP) is 2.32. The highest BCUT2D eigenvalue weighted by atomic mass is 79.9. The van der Waals surface area contributed by atoms with Crippen molar-refractivity contribution >= 4 is 15.9 Å². The molecule has 1 N–H and O–H groups in total. The summed E-state index contributed by atoms with van der Waals surface area (Å²) in [5, 5.41) is 17.7. The topological polar surface area (TPSA) is 46.0 Å². The second-order valence-electron chi connectivity index (χ2n) is 3.07. The van der Waals surface area contributed by atoms with E-state index < -0.39 is 6.10 Å². The first kappa shape index (κ1) is 10.3. The standard InChI is InChI=1S/C11H9BrN2O/c12-9-5-2-1-4-8(9)11(15)10-6-3-7-13-14-10/h1-7,11,15H. The van der Waals surface area contributed by atoms with Crippen LogP contribution in [0.15, 0.2) is 47.1 Å². The highest BCUT2D eigenvalue weighted by Crippen LogP contribution is 2.26. The van der Waals surface area contributed by atoms with Crippen molar-refractivity contribution in [3.8, 4) is 0 Å². The minimum absolute atomic E-state index is 0.546. The van der Waals surface area contributed by atoms with Gasteiger partial charge in [0.05, 0.1) is 5.69 Å². The van der Waals surface area contributed by atoms with Crippen molar-refractivity contribution in [2.24, 2.45) is 0 Å². The molecule has 3 nitrogen and oxygen atoms in total. The number of hydrogen-bond acceptors (Lipinski definition) is 3. The van der Waals surface area contributed by atoms with Crippen LogP contribution in [0.1, 0.15) is 17.4 Å². The third-order valence-corrected chi connectivity index (χ3v) is 2.80. The van der Waals surface area contributed by atoms with Crippen LogP contribution in [-0.4, -0.2) is 15.3 Å². The molecule has 2 aromatic rings. The van der Waals surface area contributed by atoms with Gasteiger partial charge in [-0.1, -0.05) is 34.1 Å². The van der Waals surface area contributed by atoms with Crippen molar-refractivity contribution < 1.29 is 5.11 Å². The van der Waals surface area contributed by atoms with Crippen molar-refractivity contribution in [1.82, 2.24) is 10.2 Å². The maximum atomic E-state index is 10.0. The van der Waals surface area contributed by atoms with E-state index in [4.69, 9.17) is 0 Å². The normalized spacial score (nSPS) is 12.4.